The van der Waals surface area contributed by atoms with Gasteiger partial charge in [-0.2, -0.15) is 0 Å². The summed E-state index contributed by atoms with van der Waals surface area (Å²) in [5, 5.41) is 5.05. The highest BCUT2D eigenvalue weighted by Gasteiger charge is 2.18. The Hall–Kier alpha value is -1.64. The van der Waals surface area contributed by atoms with Crippen molar-refractivity contribution in [3.63, 3.8) is 0 Å². The summed E-state index contributed by atoms with van der Waals surface area (Å²) >= 11 is 0. The molecule has 8 heteroatoms. The summed E-state index contributed by atoms with van der Waals surface area (Å²) in [6.07, 6.45) is 0. The van der Waals surface area contributed by atoms with Crippen LogP contribution in [0.5, 0.6) is 5.75 Å². The summed E-state index contributed by atoms with van der Waals surface area (Å²) < 4.78 is 38.0. The zero-order valence-corrected chi connectivity index (χ0v) is 12.8. The Bertz CT molecular complexity index is 584. The van der Waals surface area contributed by atoms with Crippen LogP contribution in [0.15, 0.2) is 23.1 Å². The topological polar surface area (TPSA) is 105 Å². The molecule has 1 aromatic carbocycles. The molecule has 0 saturated heterocycles. The van der Waals surface area contributed by atoms with Crippen molar-refractivity contribution in [3.8, 4) is 5.75 Å². The number of rotatable bonds is 8. The van der Waals surface area contributed by atoms with Gasteiger partial charge in [0.2, 0.25) is 10.0 Å². The molecule has 0 bridgehead atoms. The fourth-order valence-corrected chi connectivity index (χ4v) is 2.08. The van der Waals surface area contributed by atoms with Gasteiger partial charge in [0, 0.05) is 6.61 Å². The minimum atomic E-state index is -3.91. The Balaban J connectivity index is 2.97. The largest absolute Gasteiger partial charge is 0.493 e. The Morgan fingerprint density at radius 1 is 1.19 bits per heavy atom. The molecule has 0 amide bonds. The SMILES string of the molecule is CCOCCOC(=O)c1cc(S(N)(=O)=O)ccc1OCC. The van der Waals surface area contributed by atoms with Crippen molar-refractivity contribution >= 4 is 16.0 Å². The molecule has 118 valence electrons. The van der Waals surface area contributed by atoms with Gasteiger partial charge < -0.3 is 14.2 Å². The molecule has 0 saturated carbocycles. The van der Waals surface area contributed by atoms with Gasteiger partial charge in [0.05, 0.1) is 18.1 Å². The zero-order valence-electron chi connectivity index (χ0n) is 12.0. The Morgan fingerprint density at radius 2 is 1.90 bits per heavy atom. The number of nitrogens with two attached hydrogens (primary N) is 1. The Morgan fingerprint density at radius 3 is 2.48 bits per heavy atom. The fraction of sp³-hybridized carbons (Fsp3) is 0.462. The van der Waals surface area contributed by atoms with Gasteiger partial charge in [-0.1, -0.05) is 0 Å². The van der Waals surface area contributed by atoms with Gasteiger partial charge in [-0.15, -0.1) is 0 Å². The average molecular weight is 317 g/mol. The van der Waals surface area contributed by atoms with Crippen molar-refractivity contribution < 1.29 is 27.4 Å². The third-order valence-corrected chi connectivity index (χ3v) is 3.38. The van der Waals surface area contributed by atoms with E-state index in [1.165, 1.54) is 12.1 Å². The lowest BCUT2D eigenvalue weighted by Gasteiger charge is -2.11. The summed E-state index contributed by atoms with van der Waals surface area (Å²) in [6, 6.07) is 3.79. The van der Waals surface area contributed by atoms with Gasteiger partial charge in [0.25, 0.3) is 0 Å². The maximum absolute atomic E-state index is 12.0. The second-order valence-electron chi connectivity index (χ2n) is 3.97. The van der Waals surface area contributed by atoms with Crippen molar-refractivity contribution in [2.45, 2.75) is 18.7 Å². The molecule has 0 radical (unpaired) electrons. The molecule has 0 atom stereocenters. The molecular formula is C13H19NO6S. The second-order valence-corrected chi connectivity index (χ2v) is 5.53. The van der Waals surface area contributed by atoms with E-state index >= 15 is 0 Å². The van der Waals surface area contributed by atoms with Crippen LogP contribution in [0.2, 0.25) is 0 Å². The number of esters is 1. The first-order valence-corrected chi connectivity index (χ1v) is 7.99. The van der Waals surface area contributed by atoms with Crippen LogP contribution in [0, 0.1) is 0 Å². The van der Waals surface area contributed by atoms with Crippen molar-refractivity contribution in [3.05, 3.63) is 23.8 Å². The summed E-state index contributed by atoms with van der Waals surface area (Å²) in [7, 11) is -3.91. The third-order valence-electron chi connectivity index (χ3n) is 2.46. The molecule has 21 heavy (non-hydrogen) atoms. The first-order chi connectivity index (χ1) is 9.90. The quantitative estimate of drug-likeness (QED) is 0.565. The van der Waals surface area contributed by atoms with E-state index < -0.39 is 16.0 Å². The van der Waals surface area contributed by atoms with Crippen molar-refractivity contribution in [2.24, 2.45) is 5.14 Å². The highest BCUT2D eigenvalue weighted by Crippen LogP contribution is 2.23. The molecule has 7 nitrogen and oxygen atoms in total. The van der Waals surface area contributed by atoms with Crippen LogP contribution in [0.25, 0.3) is 0 Å². The van der Waals surface area contributed by atoms with Gasteiger partial charge >= 0.3 is 5.97 Å². The number of sulfonamides is 1. The van der Waals surface area contributed by atoms with Gasteiger partial charge in [0.1, 0.15) is 17.9 Å². The van der Waals surface area contributed by atoms with Crippen LogP contribution in [0.1, 0.15) is 24.2 Å². The molecule has 0 aromatic heterocycles. The number of benzene rings is 1. The standard InChI is InChI=1S/C13H19NO6S/c1-3-18-7-8-20-13(15)11-9-10(21(14,16)17)5-6-12(11)19-4-2/h5-6,9H,3-4,7-8H2,1-2H3,(H2,14,16,17). The molecule has 0 spiro atoms. The van der Waals surface area contributed by atoms with E-state index in [-0.39, 0.29) is 29.4 Å². The van der Waals surface area contributed by atoms with E-state index in [9.17, 15) is 13.2 Å². The van der Waals surface area contributed by atoms with E-state index in [0.717, 1.165) is 6.07 Å². The predicted molar refractivity (Wildman–Crippen MR) is 75.8 cm³/mol. The summed E-state index contributed by atoms with van der Waals surface area (Å²) in [5.41, 5.74) is 0.0138. The van der Waals surface area contributed by atoms with Gasteiger partial charge in [-0.3, -0.25) is 0 Å². The van der Waals surface area contributed by atoms with Gasteiger partial charge in [0.15, 0.2) is 0 Å². The zero-order chi connectivity index (χ0) is 15.9. The minimum Gasteiger partial charge on any atom is -0.493 e. The van der Waals surface area contributed by atoms with Crippen molar-refractivity contribution in [2.75, 3.05) is 26.4 Å². The Labute approximate surface area is 124 Å². The maximum Gasteiger partial charge on any atom is 0.342 e. The monoisotopic (exact) mass is 317 g/mol. The van der Waals surface area contributed by atoms with Gasteiger partial charge in [-0.25, -0.2) is 18.4 Å². The van der Waals surface area contributed by atoms with E-state index in [1.54, 1.807) is 6.92 Å². The highest BCUT2D eigenvalue weighted by atomic mass is 32.2. The smallest absolute Gasteiger partial charge is 0.342 e. The predicted octanol–water partition coefficient (Wildman–Crippen LogP) is 0.926. The number of primary sulfonamides is 1. The van der Waals surface area contributed by atoms with Crippen LogP contribution >= 0.6 is 0 Å². The van der Waals surface area contributed by atoms with Crippen LogP contribution in [-0.4, -0.2) is 40.8 Å². The van der Waals surface area contributed by atoms with Crippen LogP contribution in [-0.2, 0) is 19.5 Å². The average Bonchev–Trinajstić information content (AvgIpc) is 2.43. The molecule has 0 aliphatic carbocycles. The number of hydrogen-bond donors (Lipinski definition) is 1. The van der Waals surface area contributed by atoms with Crippen LogP contribution < -0.4 is 9.88 Å². The number of hydrogen-bond acceptors (Lipinski definition) is 6. The second kappa shape index (κ2) is 7.96. The molecule has 1 rings (SSSR count). The highest BCUT2D eigenvalue weighted by molar-refractivity contribution is 7.89. The van der Waals surface area contributed by atoms with Crippen LogP contribution in [0.4, 0.5) is 0 Å². The summed E-state index contributed by atoms with van der Waals surface area (Å²) in [6.45, 7) is 4.75. The van der Waals surface area contributed by atoms with E-state index in [4.69, 9.17) is 19.3 Å². The number of ether oxygens (including phenoxy) is 3. The van der Waals surface area contributed by atoms with Crippen LogP contribution in [0.3, 0.4) is 0 Å². The number of carbonyl (C=O) groups is 1. The lowest BCUT2D eigenvalue weighted by Crippen LogP contribution is -2.16. The Kier molecular flexibility index (Phi) is 6.60. The molecule has 0 heterocycles. The normalized spacial score (nSPS) is 11.2. The molecule has 0 aliphatic rings. The van der Waals surface area contributed by atoms with Crippen molar-refractivity contribution in [1.82, 2.24) is 0 Å². The first-order valence-electron chi connectivity index (χ1n) is 6.44. The molecule has 0 aliphatic heterocycles. The summed E-state index contributed by atoms with van der Waals surface area (Å²) in [4.78, 5) is 11.8. The first kappa shape index (κ1) is 17.4. The third kappa shape index (κ3) is 5.33. The lowest BCUT2D eigenvalue weighted by molar-refractivity contribution is 0.0331. The summed E-state index contributed by atoms with van der Waals surface area (Å²) in [5.74, 6) is -0.449. The molecule has 0 fully saturated rings. The number of carbonyl (C=O) groups excluding carboxylic acids is 1. The van der Waals surface area contributed by atoms with E-state index in [0.29, 0.717) is 13.2 Å². The molecule has 1 aromatic rings. The minimum absolute atomic E-state index is 0.0138. The van der Waals surface area contributed by atoms with E-state index in [2.05, 4.69) is 0 Å². The fourth-order valence-electron chi connectivity index (χ4n) is 1.54. The van der Waals surface area contributed by atoms with Gasteiger partial charge in [-0.05, 0) is 32.0 Å². The van der Waals surface area contributed by atoms with E-state index in [1.807, 2.05) is 6.92 Å². The maximum atomic E-state index is 12.0. The van der Waals surface area contributed by atoms with Crippen molar-refractivity contribution in [1.29, 1.82) is 0 Å². The molecular weight excluding hydrogens is 298 g/mol. The molecule has 0 unspecified atom stereocenters. The lowest BCUT2D eigenvalue weighted by atomic mass is 10.2. The molecule has 2 N–H and O–H groups in total.